The van der Waals surface area contributed by atoms with Crippen molar-refractivity contribution in [3.05, 3.63) is 24.2 Å². The largest absolute Gasteiger partial charge is 0.468 e. The van der Waals surface area contributed by atoms with Gasteiger partial charge < -0.3 is 15.1 Å². The fourth-order valence-corrected chi connectivity index (χ4v) is 3.83. The fraction of sp³-hybridized carbons (Fsp3) is 0.714. The van der Waals surface area contributed by atoms with Gasteiger partial charge in [-0.1, -0.05) is 13.8 Å². The van der Waals surface area contributed by atoms with Gasteiger partial charge in [0.1, 0.15) is 5.76 Å². The lowest BCUT2D eigenvalue weighted by atomic mass is 10.2. The first-order chi connectivity index (χ1) is 14.1. The van der Waals surface area contributed by atoms with E-state index in [4.69, 9.17) is 4.42 Å². The Labute approximate surface area is 173 Å². The summed E-state index contributed by atoms with van der Waals surface area (Å²) in [5.74, 6) is 1.04. The van der Waals surface area contributed by atoms with E-state index < -0.39 is 0 Å². The van der Waals surface area contributed by atoms with Gasteiger partial charge in [0.15, 0.2) is 0 Å². The van der Waals surface area contributed by atoms with Crippen molar-refractivity contribution in [3.63, 3.8) is 0 Å². The van der Waals surface area contributed by atoms with Crippen LogP contribution in [0.5, 0.6) is 0 Å². The number of amides is 2. The fourth-order valence-electron chi connectivity index (χ4n) is 3.83. The molecule has 2 amide bonds. The number of hydrogen-bond acceptors (Lipinski definition) is 6. The highest BCUT2D eigenvalue weighted by Crippen LogP contribution is 2.20. The van der Waals surface area contributed by atoms with Crippen LogP contribution >= 0.6 is 0 Å². The third-order valence-corrected chi connectivity index (χ3v) is 5.76. The second-order valence-corrected chi connectivity index (χ2v) is 7.95. The summed E-state index contributed by atoms with van der Waals surface area (Å²) >= 11 is 0. The maximum atomic E-state index is 12.5. The van der Waals surface area contributed by atoms with Crippen molar-refractivity contribution in [2.45, 2.75) is 38.8 Å². The van der Waals surface area contributed by atoms with E-state index in [2.05, 4.69) is 39.2 Å². The Morgan fingerprint density at radius 1 is 1.10 bits per heavy atom. The molecule has 0 radical (unpaired) electrons. The quantitative estimate of drug-likeness (QED) is 0.563. The summed E-state index contributed by atoms with van der Waals surface area (Å²) in [7, 11) is 0. The zero-order valence-electron chi connectivity index (χ0n) is 17.7. The number of hydrogen-bond donors (Lipinski definition) is 2. The van der Waals surface area contributed by atoms with Crippen LogP contribution in [0.15, 0.2) is 22.8 Å². The van der Waals surface area contributed by atoms with Crippen LogP contribution in [0.3, 0.4) is 0 Å². The number of piperazine rings is 1. The molecule has 0 aromatic carbocycles. The van der Waals surface area contributed by atoms with Gasteiger partial charge in [-0.05, 0) is 38.1 Å². The predicted octanol–water partition coefficient (Wildman–Crippen LogP) is 0.675. The van der Waals surface area contributed by atoms with Crippen LogP contribution in [0.4, 0.5) is 0 Å². The topological polar surface area (TPSA) is 81.1 Å². The Kier molecular flexibility index (Phi) is 8.09. The molecular weight excluding hydrogens is 370 g/mol. The highest BCUT2D eigenvalue weighted by Gasteiger charge is 2.26. The average molecular weight is 406 g/mol. The van der Waals surface area contributed by atoms with E-state index in [-0.39, 0.29) is 17.9 Å². The van der Waals surface area contributed by atoms with Crippen molar-refractivity contribution in [2.75, 3.05) is 58.9 Å². The molecule has 1 saturated heterocycles. The molecule has 29 heavy (non-hydrogen) atoms. The smallest absolute Gasteiger partial charge is 0.234 e. The Morgan fingerprint density at radius 2 is 1.72 bits per heavy atom. The highest BCUT2D eigenvalue weighted by molar-refractivity contribution is 5.79. The molecule has 3 rings (SSSR count). The van der Waals surface area contributed by atoms with E-state index in [1.165, 1.54) is 0 Å². The minimum Gasteiger partial charge on any atom is -0.468 e. The summed E-state index contributed by atoms with van der Waals surface area (Å²) in [6, 6.07) is 4.31. The lowest BCUT2D eigenvalue weighted by Crippen LogP contribution is -2.52. The number of carbonyl (C=O) groups is 2. The first-order valence-electron chi connectivity index (χ1n) is 10.9. The van der Waals surface area contributed by atoms with Gasteiger partial charge in [0.2, 0.25) is 11.8 Å². The van der Waals surface area contributed by atoms with E-state index in [1.54, 1.807) is 6.26 Å². The van der Waals surface area contributed by atoms with Gasteiger partial charge in [-0.25, -0.2) is 0 Å². The van der Waals surface area contributed by atoms with E-state index in [1.807, 2.05) is 12.1 Å². The van der Waals surface area contributed by atoms with Crippen LogP contribution in [0.25, 0.3) is 0 Å². The monoisotopic (exact) mass is 405 g/mol. The Bertz CT molecular complexity index is 635. The molecule has 162 valence electrons. The second-order valence-electron chi connectivity index (χ2n) is 7.95. The SMILES string of the molecule is CCN(CC)C(CNC(=O)CN1CCN(CC(=O)NC2CC2)CC1)c1ccco1. The van der Waals surface area contributed by atoms with Gasteiger partial charge in [-0.3, -0.25) is 24.3 Å². The maximum Gasteiger partial charge on any atom is 0.234 e. The molecule has 1 aliphatic carbocycles. The molecule has 1 aromatic heterocycles. The number of furan rings is 1. The van der Waals surface area contributed by atoms with Crippen LogP contribution in [-0.4, -0.2) is 91.5 Å². The molecular formula is C21H35N5O3. The molecule has 8 nitrogen and oxygen atoms in total. The van der Waals surface area contributed by atoms with E-state index in [9.17, 15) is 9.59 Å². The number of nitrogens with zero attached hydrogens (tertiary/aromatic N) is 3. The first-order valence-corrected chi connectivity index (χ1v) is 10.9. The minimum absolute atomic E-state index is 0.0358. The molecule has 1 aliphatic heterocycles. The third kappa shape index (κ3) is 6.83. The predicted molar refractivity (Wildman–Crippen MR) is 111 cm³/mol. The third-order valence-electron chi connectivity index (χ3n) is 5.76. The van der Waals surface area contributed by atoms with E-state index in [0.29, 0.717) is 25.7 Å². The van der Waals surface area contributed by atoms with Crippen LogP contribution in [-0.2, 0) is 9.59 Å². The van der Waals surface area contributed by atoms with Gasteiger partial charge >= 0.3 is 0 Å². The van der Waals surface area contributed by atoms with Crippen molar-refractivity contribution >= 4 is 11.8 Å². The molecule has 0 spiro atoms. The highest BCUT2D eigenvalue weighted by atomic mass is 16.3. The summed E-state index contributed by atoms with van der Waals surface area (Å²) < 4.78 is 5.59. The van der Waals surface area contributed by atoms with E-state index >= 15 is 0 Å². The number of nitrogens with one attached hydrogen (secondary N) is 2. The summed E-state index contributed by atoms with van der Waals surface area (Å²) in [5, 5.41) is 6.11. The molecule has 8 heteroatoms. The second kappa shape index (κ2) is 10.8. The van der Waals surface area contributed by atoms with Crippen LogP contribution in [0.1, 0.15) is 38.5 Å². The zero-order chi connectivity index (χ0) is 20.6. The first kappa shape index (κ1) is 21.8. The van der Waals surface area contributed by atoms with E-state index in [0.717, 1.165) is 57.9 Å². The zero-order valence-corrected chi connectivity index (χ0v) is 17.7. The summed E-state index contributed by atoms with van der Waals surface area (Å²) in [6.07, 6.45) is 3.91. The van der Waals surface area contributed by atoms with Crippen LogP contribution < -0.4 is 10.6 Å². The van der Waals surface area contributed by atoms with Crippen LogP contribution in [0, 0.1) is 0 Å². The van der Waals surface area contributed by atoms with Gasteiger partial charge in [0.25, 0.3) is 0 Å². The molecule has 2 heterocycles. The van der Waals surface area contributed by atoms with Crippen molar-refractivity contribution in [1.82, 2.24) is 25.3 Å². The Balaban J connectivity index is 1.38. The van der Waals surface area contributed by atoms with Gasteiger partial charge in [0, 0.05) is 38.8 Å². The number of carbonyl (C=O) groups excluding carboxylic acids is 2. The summed E-state index contributed by atoms with van der Waals surface area (Å²) in [5.41, 5.74) is 0. The van der Waals surface area contributed by atoms with Crippen molar-refractivity contribution in [1.29, 1.82) is 0 Å². The lowest BCUT2D eigenvalue weighted by Gasteiger charge is -2.34. The summed E-state index contributed by atoms with van der Waals surface area (Å²) in [4.78, 5) is 31.0. The number of rotatable bonds is 11. The minimum atomic E-state index is 0.0358. The normalized spacial score (nSPS) is 19.3. The molecule has 0 bridgehead atoms. The standard InChI is InChI=1S/C21H35N5O3/c1-3-26(4-2)18(19-6-5-13-29-19)14-22-20(27)15-24-9-11-25(12-10-24)16-21(28)23-17-7-8-17/h5-6,13,17-18H,3-4,7-12,14-16H2,1-2H3,(H,22,27)(H,23,28). The Morgan fingerprint density at radius 3 is 2.24 bits per heavy atom. The van der Waals surface area contributed by atoms with Crippen molar-refractivity contribution < 1.29 is 14.0 Å². The van der Waals surface area contributed by atoms with Crippen molar-refractivity contribution in [3.8, 4) is 0 Å². The molecule has 1 atom stereocenters. The van der Waals surface area contributed by atoms with Gasteiger partial charge in [0.05, 0.1) is 25.4 Å². The summed E-state index contributed by atoms with van der Waals surface area (Å²) in [6.45, 7) is 10.7. The number of likely N-dealkylation sites (N-methyl/N-ethyl adjacent to an activating group) is 1. The molecule has 1 unspecified atom stereocenters. The molecule has 1 aromatic rings. The average Bonchev–Trinajstić information content (AvgIpc) is 3.35. The molecule has 2 aliphatic rings. The van der Waals surface area contributed by atoms with Gasteiger partial charge in [-0.2, -0.15) is 0 Å². The van der Waals surface area contributed by atoms with Crippen molar-refractivity contribution in [2.24, 2.45) is 0 Å². The molecule has 2 N–H and O–H groups in total. The molecule has 2 fully saturated rings. The maximum absolute atomic E-state index is 12.5. The lowest BCUT2D eigenvalue weighted by molar-refractivity contribution is -0.125. The molecule has 1 saturated carbocycles. The Hall–Kier alpha value is -1.90. The van der Waals surface area contributed by atoms with Gasteiger partial charge in [-0.15, -0.1) is 0 Å². The van der Waals surface area contributed by atoms with Crippen LogP contribution in [0.2, 0.25) is 0 Å².